The van der Waals surface area contributed by atoms with Crippen molar-refractivity contribution in [2.24, 2.45) is 0 Å². The second-order valence-corrected chi connectivity index (χ2v) is 4.90. The van der Waals surface area contributed by atoms with Gasteiger partial charge in [0.25, 0.3) is 0 Å². The Morgan fingerprint density at radius 3 is 3.00 bits per heavy atom. The Labute approximate surface area is 92.0 Å². The number of ether oxygens (including phenoxy) is 2. The van der Waals surface area contributed by atoms with Gasteiger partial charge < -0.3 is 9.47 Å². The van der Waals surface area contributed by atoms with Gasteiger partial charge >= 0.3 is 0 Å². The van der Waals surface area contributed by atoms with Crippen molar-refractivity contribution in [1.29, 1.82) is 0 Å². The van der Waals surface area contributed by atoms with Crippen LogP contribution in [-0.2, 0) is 16.1 Å². The summed E-state index contributed by atoms with van der Waals surface area (Å²) in [5.41, 5.74) is 0. The van der Waals surface area contributed by atoms with Crippen molar-refractivity contribution in [3.63, 3.8) is 0 Å². The van der Waals surface area contributed by atoms with Crippen LogP contribution in [0.3, 0.4) is 0 Å². The van der Waals surface area contributed by atoms with E-state index in [9.17, 15) is 0 Å². The molecule has 0 bridgehead atoms. The van der Waals surface area contributed by atoms with E-state index >= 15 is 0 Å². The van der Waals surface area contributed by atoms with Crippen LogP contribution in [0.5, 0.6) is 0 Å². The summed E-state index contributed by atoms with van der Waals surface area (Å²) in [5, 5.41) is 0. The van der Waals surface area contributed by atoms with E-state index in [4.69, 9.17) is 21.1 Å². The number of aromatic nitrogens is 1. The van der Waals surface area contributed by atoms with Crippen molar-refractivity contribution in [2.75, 3.05) is 13.2 Å². The van der Waals surface area contributed by atoms with Crippen LogP contribution in [0.2, 0.25) is 4.47 Å². The van der Waals surface area contributed by atoms with Crippen LogP contribution in [0, 0.1) is 0 Å². The molecule has 0 saturated carbocycles. The Morgan fingerprint density at radius 1 is 1.57 bits per heavy atom. The zero-order valence-corrected chi connectivity index (χ0v) is 9.31. The summed E-state index contributed by atoms with van der Waals surface area (Å²) in [6.07, 6.45) is 4.09. The fourth-order valence-corrected chi connectivity index (χ4v) is 2.29. The molecule has 5 heteroatoms. The summed E-state index contributed by atoms with van der Waals surface area (Å²) < 4.78 is 11.5. The Kier molecular flexibility index (Phi) is 3.75. The van der Waals surface area contributed by atoms with Gasteiger partial charge in [0.05, 0.1) is 17.6 Å². The first-order valence-electron chi connectivity index (χ1n) is 4.64. The Balaban J connectivity index is 1.76. The Morgan fingerprint density at radius 2 is 2.36 bits per heavy atom. The van der Waals surface area contributed by atoms with Crippen LogP contribution in [0.25, 0.3) is 0 Å². The van der Waals surface area contributed by atoms with Gasteiger partial charge in [-0.1, -0.05) is 11.6 Å². The molecule has 0 N–H and O–H groups in total. The summed E-state index contributed by atoms with van der Waals surface area (Å²) in [6, 6.07) is 0. The van der Waals surface area contributed by atoms with Gasteiger partial charge in [0, 0.05) is 19.4 Å². The van der Waals surface area contributed by atoms with E-state index < -0.39 is 0 Å². The normalized spacial score (nSPS) is 18.6. The quantitative estimate of drug-likeness (QED) is 0.804. The van der Waals surface area contributed by atoms with Gasteiger partial charge in [-0.15, -0.1) is 11.3 Å². The summed E-state index contributed by atoms with van der Waals surface area (Å²) in [6.45, 7) is 2.25. The molecule has 0 radical (unpaired) electrons. The molecular weight excluding hydrogens is 222 g/mol. The van der Waals surface area contributed by atoms with Crippen LogP contribution in [0.1, 0.15) is 17.7 Å². The molecule has 0 aromatic carbocycles. The van der Waals surface area contributed by atoms with Crippen molar-refractivity contribution >= 4 is 22.9 Å². The molecular formula is C9H12ClNO2S. The summed E-state index contributed by atoms with van der Waals surface area (Å²) in [7, 11) is 0. The molecule has 0 amide bonds. The lowest BCUT2D eigenvalue weighted by atomic mass is 10.2. The minimum atomic E-state index is 0.338. The van der Waals surface area contributed by atoms with Crippen molar-refractivity contribution in [3.8, 4) is 0 Å². The smallest absolute Gasteiger partial charge is 0.183 e. The number of halogens is 1. The van der Waals surface area contributed by atoms with E-state index in [1.165, 1.54) is 11.3 Å². The van der Waals surface area contributed by atoms with Crippen molar-refractivity contribution < 1.29 is 9.47 Å². The van der Waals surface area contributed by atoms with Crippen LogP contribution in [0.15, 0.2) is 6.20 Å². The third-order valence-electron chi connectivity index (χ3n) is 2.15. The lowest BCUT2D eigenvalue weighted by Gasteiger charge is -2.21. The third-order valence-corrected chi connectivity index (χ3v) is 3.24. The standard InChI is InChI=1S/C9H12ClNO2S/c10-9-11-5-8(14-9)6-13-7-1-3-12-4-2-7/h5,7H,1-4,6H2. The molecule has 1 aromatic rings. The maximum absolute atomic E-state index is 5.71. The lowest BCUT2D eigenvalue weighted by molar-refractivity contribution is -0.0383. The van der Waals surface area contributed by atoms with Gasteiger partial charge in [0.2, 0.25) is 0 Å². The fraction of sp³-hybridized carbons (Fsp3) is 0.667. The molecule has 0 aliphatic carbocycles. The van der Waals surface area contributed by atoms with Crippen LogP contribution >= 0.6 is 22.9 Å². The molecule has 1 fully saturated rings. The number of rotatable bonds is 3. The van der Waals surface area contributed by atoms with Crippen LogP contribution < -0.4 is 0 Å². The third kappa shape index (κ3) is 2.92. The molecule has 78 valence electrons. The average Bonchev–Trinajstić information content (AvgIpc) is 2.63. The molecule has 0 spiro atoms. The fourth-order valence-electron chi connectivity index (χ4n) is 1.39. The van der Waals surface area contributed by atoms with E-state index in [1.807, 2.05) is 0 Å². The second-order valence-electron chi connectivity index (χ2n) is 3.20. The molecule has 14 heavy (non-hydrogen) atoms. The number of nitrogens with zero attached hydrogens (tertiary/aromatic N) is 1. The Hall–Kier alpha value is -0.160. The van der Waals surface area contributed by atoms with Gasteiger partial charge in [-0.05, 0) is 12.8 Å². The molecule has 3 nitrogen and oxygen atoms in total. The van der Waals surface area contributed by atoms with Gasteiger partial charge in [-0.3, -0.25) is 0 Å². The first-order chi connectivity index (χ1) is 6.84. The van der Waals surface area contributed by atoms with E-state index in [2.05, 4.69) is 4.98 Å². The molecule has 2 rings (SSSR count). The molecule has 1 aliphatic heterocycles. The maximum Gasteiger partial charge on any atom is 0.183 e. The minimum absolute atomic E-state index is 0.338. The number of hydrogen-bond donors (Lipinski definition) is 0. The summed E-state index contributed by atoms with van der Waals surface area (Å²) >= 11 is 7.19. The van der Waals surface area contributed by atoms with Crippen molar-refractivity contribution in [1.82, 2.24) is 4.98 Å². The van der Waals surface area contributed by atoms with E-state index in [0.717, 1.165) is 30.9 Å². The SMILES string of the molecule is Clc1ncc(COC2CCOCC2)s1. The first kappa shape index (κ1) is 10.4. The highest BCUT2D eigenvalue weighted by atomic mass is 35.5. The predicted octanol–water partition coefficient (Wildman–Crippen LogP) is 2.49. The molecule has 1 saturated heterocycles. The van der Waals surface area contributed by atoms with E-state index in [-0.39, 0.29) is 0 Å². The van der Waals surface area contributed by atoms with Crippen LogP contribution in [-0.4, -0.2) is 24.3 Å². The number of hydrogen-bond acceptors (Lipinski definition) is 4. The molecule has 0 atom stereocenters. The lowest BCUT2D eigenvalue weighted by Crippen LogP contribution is -2.23. The zero-order chi connectivity index (χ0) is 9.80. The predicted molar refractivity (Wildman–Crippen MR) is 55.8 cm³/mol. The monoisotopic (exact) mass is 233 g/mol. The van der Waals surface area contributed by atoms with Gasteiger partial charge in [0.1, 0.15) is 0 Å². The van der Waals surface area contributed by atoms with Crippen LogP contribution in [0.4, 0.5) is 0 Å². The minimum Gasteiger partial charge on any atom is -0.381 e. The van der Waals surface area contributed by atoms with Gasteiger partial charge in [0.15, 0.2) is 4.47 Å². The second kappa shape index (κ2) is 5.07. The highest BCUT2D eigenvalue weighted by Crippen LogP contribution is 2.20. The summed E-state index contributed by atoms with van der Waals surface area (Å²) in [4.78, 5) is 5.04. The highest BCUT2D eigenvalue weighted by molar-refractivity contribution is 7.15. The molecule has 1 aromatic heterocycles. The molecule has 2 heterocycles. The number of thiazole rings is 1. The summed E-state index contributed by atoms with van der Waals surface area (Å²) in [5.74, 6) is 0. The zero-order valence-electron chi connectivity index (χ0n) is 7.74. The van der Waals surface area contributed by atoms with Crippen molar-refractivity contribution in [3.05, 3.63) is 15.5 Å². The molecule has 0 unspecified atom stereocenters. The Bertz CT molecular complexity index is 286. The molecule has 1 aliphatic rings. The van der Waals surface area contributed by atoms with Crippen molar-refractivity contribution in [2.45, 2.75) is 25.6 Å². The topological polar surface area (TPSA) is 31.4 Å². The maximum atomic E-state index is 5.71. The van der Waals surface area contributed by atoms with E-state index in [0.29, 0.717) is 17.2 Å². The largest absolute Gasteiger partial charge is 0.381 e. The van der Waals surface area contributed by atoms with E-state index in [1.54, 1.807) is 6.20 Å². The average molecular weight is 234 g/mol. The first-order valence-corrected chi connectivity index (χ1v) is 5.83. The van der Waals surface area contributed by atoms with Gasteiger partial charge in [-0.2, -0.15) is 0 Å². The van der Waals surface area contributed by atoms with Gasteiger partial charge in [-0.25, -0.2) is 4.98 Å². The highest BCUT2D eigenvalue weighted by Gasteiger charge is 2.14.